The second-order valence-corrected chi connectivity index (χ2v) is 4.72. The third kappa shape index (κ3) is 4.71. The van der Waals surface area contributed by atoms with Gasteiger partial charge in [-0.3, -0.25) is 0 Å². The first kappa shape index (κ1) is 16.3. The lowest BCUT2D eigenvalue weighted by molar-refractivity contribution is -0.149. The maximum atomic E-state index is 12.2. The van der Waals surface area contributed by atoms with Crippen LogP contribution in [0.2, 0.25) is 0 Å². The number of esters is 2. The first-order chi connectivity index (χ1) is 11.2. The van der Waals surface area contributed by atoms with Crippen molar-refractivity contribution >= 4 is 11.9 Å². The van der Waals surface area contributed by atoms with Gasteiger partial charge in [-0.2, -0.15) is 5.26 Å². The number of nitrogens with zero attached hydrogens (tertiary/aromatic N) is 1. The molecule has 2 rings (SSSR count). The molecule has 0 saturated heterocycles. The Morgan fingerprint density at radius 3 is 2.74 bits per heavy atom. The lowest BCUT2D eigenvalue weighted by Crippen LogP contribution is -2.41. The monoisotopic (exact) mass is 312 g/mol. The van der Waals surface area contributed by atoms with Crippen molar-refractivity contribution in [2.45, 2.75) is 19.1 Å². The highest BCUT2D eigenvalue weighted by molar-refractivity contribution is 5.98. The van der Waals surface area contributed by atoms with E-state index in [0.29, 0.717) is 0 Å². The summed E-state index contributed by atoms with van der Waals surface area (Å²) < 4.78 is 10.2. The molecule has 0 spiro atoms. The summed E-state index contributed by atoms with van der Waals surface area (Å²) in [5.74, 6) is -1.21. The van der Waals surface area contributed by atoms with Gasteiger partial charge in [0.05, 0.1) is 18.1 Å². The van der Waals surface area contributed by atoms with E-state index in [2.05, 4.69) is 5.32 Å². The number of rotatable bonds is 6. The largest absolute Gasteiger partial charge is 0.461 e. The molecule has 1 aliphatic rings. The zero-order valence-electron chi connectivity index (χ0n) is 12.4. The van der Waals surface area contributed by atoms with Gasteiger partial charge >= 0.3 is 11.9 Å². The summed E-state index contributed by atoms with van der Waals surface area (Å²) in [6, 6.07) is 10.2. The molecule has 1 unspecified atom stereocenters. The van der Waals surface area contributed by atoms with Gasteiger partial charge in [0.25, 0.3) is 0 Å². The van der Waals surface area contributed by atoms with Gasteiger partial charge < -0.3 is 14.8 Å². The maximum absolute atomic E-state index is 12.2. The molecule has 0 aliphatic carbocycles. The lowest BCUT2D eigenvalue weighted by Gasteiger charge is -2.20. The Balaban J connectivity index is 1.95. The number of hydrogen-bond donors (Lipinski definition) is 1. The van der Waals surface area contributed by atoms with E-state index < -0.39 is 18.0 Å². The van der Waals surface area contributed by atoms with Crippen LogP contribution in [0.1, 0.15) is 12.0 Å². The predicted molar refractivity (Wildman–Crippen MR) is 81.6 cm³/mol. The van der Waals surface area contributed by atoms with E-state index in [9.17, 15) is 9.59 Å². The second kappa shape index (κ2) is 8.39. The number of nitrogens with one attached hydrogen (secondary N) is 1. The first-order valence-corrected chi connectivity index (χ1v) is 7.10. The van der Waals surface area contributed by atoms with Gasteiger partial charge in [0, 0.05) is 0 Å². The molecule has 6 heteroatoms. The number of nitriles is 1. The van der Waals surface area contributed by atoms with Crippen LogP contribution in [-0.4, -0.2) is 24.6 Å². The van der Waals surface area contributed by atoms with Crippen LogP contribution in [0.5, 0.6) is 0 Å². The van der Waals surface area contributed by atoms with Crippen molar-refractivity contribution in [3.63, 3.8) is 0 Å². The average molecular weight is 312 g/mol. The van der Waals surface area contributed by atoms with E-state index in [0.717, 1.165) is 5.56 Å². The summed E-state index contributed by atoms with van der Waals surface area (Å²) in [5, 5.41) is 11.2. The summed E-state index contributed by atoms with van der Waals surface area (Å²) in [6.45, 7) is 0.112. The fraction of sp³-hybridized carbons (Fsp3) is 0.235. The van der Waals surface area contributed by atoms with Gasteiger partial charge in [0.1, 0.15) is 13.2 Å². The van der Waals surface area contributed by atoms with Gasteiger partial charge in [-0.25, -0.2) is 9.59 Å². The standard InChI is InChI=1S/C17H16N2O4/c18-9-5-11-22-16(20)14-8-4-10-19-15(14)17(21)23-12-13-6-2-1-3-7-13/h1-4,6-8,10,15,19H,5,11-12H2. The van der Waals surface area contributed by atoms with Crippen LogP contribution in [0, 0.1) is 11.3 Å². The van der Waals surface area contributed by atoms with E-state index in [1.54, 1.807) is 12.3 Å². The number of hydrogen-bond acceptors (Lipinski definition) is 6. The minimum Gasteiger partial charge on any atom is -0.461 e. The summed E-state index contributed by atoms with van der Waals surface area (Å²) >= 11 is 0. The first-order valence-electron chi connectivity index (χ1n) is 7.10. The van der Waals surface area contributed by atoms with Gasteiger partial charge in [0.2, 0.25) is 0 Å². The van der Waals surface area contributed by atoms with Crippen molar-refractivity contribution in [1.82, 2.24) is 5.32 Å². The van der Waals surface area contributed by atoms with Gasteiger partial charge in [0.15, 0.2) is 6.04 Å². The molecule has 0 saturated carbocycles. The molecule has 0 radical (unpaired) electrons. The Morgan fingerprint density at radius 2 is 2.00 bits per heavy atom. The van der Waals surface area contributed by atoms with Crippen LogP contribution in [0.15, 0.2) is 54.3 Å². The molecule has 1 heterocycles. The Morgan fingerprint density at radius 1 is 1.22 bits per heavy atom. The Kier molecular flexibility index (Phi) is 5.95. The molecule has 1 aromatic rings. The molecule has 0 fully saturated rings. The van der Waals surface area contributed by atoms with Gasteiger partial charge in [-0.1, -0.05) is 30.3 Å². The van der Waals surface area contributed by atoms with Crippen LogP contribution < -0.4 is 5.32 Å². The smallest absolute Gasteiger partial charge is 0.336 e. The van der Waals surface area contributed by atoms with E-state index in [4.69, 9.17) is 14.7 Å². The van der Waals surface area contributed by atoms with Crippen LogP contribution in [0.4, 0.5) is 0 Å². The minimum atomic E-state index is -0.918. The number of benzene rings is 1. The number of dihydropyridines is 1. The molecule has 1 N–H and O–H groups in total. The Labute approximate surface area is 134 Å². The van der Waals surface area contributed by atoms with Crippen molar-refractivity contribution in [2.24, 2.45) is 0 Å². The SMILES string of the molecule is N#CCCOC(=O)C1=CC=CNC1C(=O)OCc1ccccc1. The van der Waals surface area contributed by atoms with E-state index in [1.165, 1.54) is 6.08 Å². The highest BCUT2D eigenvalue weighted by Crippen LogP contribution is 2.13. The van der Waals surface area contributed by atoms with Crippen LogP contribution in [0.3, 0.4) is 0 Å². The van der Waals surface area contributed by atoms with Crippen molar-refractivity contribution in [2.75, 3.05) is 6.61 Å². The van der Waals surface area contributed by atoms with Crippen molar-refractivity contribution < 1.29 is 19.1 Å². The fourth-order valence-corrected chi connectivity index (χ4v) is 1.96. The molecule has 0 aromatic heterocycles. The van der Waals surface area contributed by atoms with Crippen LogP contribution in [-0.2, 0) is 25.7 Å². The van der Waals surface area contributed by atoms with Crippen molar-refractivity contribution in [3.05, 3.63) is 59.8 Å². The van der Waals surface area contributed by atoms with E-state index >= 15 is 0 Å². The van der Waals surface area contributed by atoms with Crippen LogP contribution >= 0.6 is 0 Å². The molecule has 6 nitrogen and oxygen atoms in total. The lowest BCUT2D eigenvalue weighted by atomic mass is 10.1. The van der Waals surface area contributed by atoms with Crippen molar-refractivity contribution in [3.8, 4) is 6.07 Å². The molecule has 0 amide bonds. The second-order valence-electron chi connectivity index (χ2n) is 4.72. The topological polar surface area (TPSA) is 88.4 Å². The maximum Gasteiger partial charge on any atom is 0.336 e. The molecule has 23 heavy (non-hydrogen) atoms. The Hall–Kier alpha value is -3.07. The molecule has 1 atom stereocenters. The third-order valence-corrected chi connectivity index (χ3v) is 3.09. The predicted octanol–water partition coefficient (Wildman–Crippen LogP) is 1.60. The molecule has 1 aromatic carbocycles. The summed E-state index contributed by atoms with van der Waals surface area (Å²) in [7, 11) is 0. The molecular weight excluding hydrogens is 296 g/mol. The highest BCUT2D eigenvalue weighted by atomic mass is 16.5. The number of carbonyl (C=O) groups is 2. The quantitative estimate of drug-likeness (QED) is 0.634. The zero-order chi connectivity index (χ0) is 16.5. The van der Waals surface area contributed by atoms with Gasteiger partial charge in [-0.05, 0) is 23.9 Å². The van der Waals surface area contributed by atoms with Gasteiger partial charge in [-0.15, -0.1) is 0 Å². The highest BCUT2D eigenvalue weighted by Gasteiger charge is 2.30. The molecule has 0 bridgehead atoms. The minimum absolute atomic E-state index is 0.0117. The fourth-order valence-electron chi connectivity index (χ4n) is 1.96. The molecule has 1 aliphatic heterocycles. The summed E-state index contributed by atoms with van der Waals surface area (Å²) in [4.78, 5) is 24.2. The number of ether oxygens (including phenoxy) is 2. The average Bonchev–Trinajstić information content (AvgIpc) is 2.60. The summed E-state index contributed by atoms with van der Waals surface area (Å²) in [6.07, 6.45) is 4.76. The van der Waals surface area contributed by atoms with Crippen molar-refractivity contribution in [1.29, 1.82) is 5.26 Å². The molecule has 118 valence electrons. The Bertz CT molecular complexity index is 659. The normalized spacial score (nSPS) is 15.8. The summed E-state index contributed by atoms with van der Waals surface area (Å²) in [5.41, 5.74) is 1.01. The zero-order valence-corrected chi connectivity index (χ0v) is 12.4. The third-order valence-electron chi connectivity index (χ3n) is 3.09. The van der Waals surface area contributed by atoms with E-state index in [1.807, 2.05) is 36.4 Å². The van der Waals surface area contributed by atoms with Crippen LogP contribution in [0.25, 0.3) is 0 Å². The molecular formula is C17H16N2O4. The number of carbonyl (C=O) groups excluding carboxylic acids is 2. The number of allylic oxidation sites excluding steroid dienone is 2. The van der Waals surface area contributed by atoms with E-state index in [-0.39, 0.29) is 25.2 Å².